The summed E-state index contributed by atoms with van der Waals surface area (Å²) in [6, 6.07) is 11.3. The molecule has 0 N–H and O–H groups in total. The number of hydrogen-bond acceptors (Lipinski definition) is 4. The highest BCUT2D eigenvalue weighted by atomic mass is 19.1. The van der Waals surface area contributed by atoms with E-state index in [-0.39, 0.29) is 23.5 Å². The largest absolute Gasteiger partial charge is 0.495 e. The number of morpholine rings is 1. The Morgan fingerprint density at radius 3 is 2.69 bits per heavy atom. The van der Waals surface area contributed by atoms with Crippen LogP contribution in [0.3, 0.4) is 0 Å². The van der Waals surface area contributed by atoms with Crippen molar-refractivity contribution in [3.05, 3.63) is 96.0 Å². The molecule has 7 heteroatoms. The predicted molar refractivity (Wildman–Crippen MR) is 120 cm³/mol. The number of nitrogens with zero attached hydrogens (tertiary/aromatic N) is 3. The van der Waals surface area contributed by atoms with Crippen LogP contribution in [-0.4, -0.2) is 40.6 Å². The van der Waals surface area contributed by atoms with Crippen molar-refractivity contribution in [2.75, 3.05) is 20.3 Å². The molecule has 0 bridgehead atoms. The number of rotatable bonds is 6. The molecule has 1 aliphatic heterocycles. The van der Waals surface area contributed by atoms with Crippen LogP contribution in [0.1, 0.15) is 22.9 Å². The molecule has 1 aromatic heterocycles. The predicted octanol–water partition coefficient (Wildman–Crippen LogP) is 4.46. The van der Waals surface area contributed by atoms with Crippen LogP contribution in [0, 0.1) is 12.7 Å². The van der Waals surface area contributed by atoms with Crippen LogP contribution in [0.4, 0.5) is 4.39 Å². The van der Waals surface area contributed by atoms with E-state index in [1.54, 1.807) is 42.6 Å². The number of halogens is 1. The van der Waals surface area contributed by atoms with E-state index in [4.69, 9.17) is 9.47 Å². The van der Waals surface area contributed by atoms with E-state index in [0.717, 1.165) is 22.5 Å². The quantitative estimate of drug-likeness (QED) is 0.426. The number of carbonyl (C=O) groups is 1. The van der Waals surface area contributed by atoms with E-state index >= 15 is 0 Å². The van der Waals surface area contributed by atoms with Gasteiger partial charge < -0.3 is 18.9 Å². The fraction of sp³-hybridized carbons (Fsp3) is 0.200. The molecule has 1 aliphatic rings. The number of aromatic nitrogens is 2. The molecule has 1 fully saturated rings. The van der Waals surface area contributed by atoms with Gasteiger partial charge in [0, 0.05) is 6.20 Å². The zero-order valence-electron chi connectivity index (χ0n) is 18.0. The van der Waals surface area contributed by atoms with Crippen LogP contribution in [0.25, 0.3) is 11.8 Å². The molecule has 3 aromatic rings. The number of aryl methyl sites for hydroxylation is 1. The zero-order chi connectivity index (χ0) is 22.7. The van der Waals surface area contributed by atoms with Gasteiger partial charge in [-0.15, -0.1) is 6.58 Å². The molecule has 0 saturated carbocycles. The van der Waals surface area contributed by atoms with Gasteiger partial charge in [0.25, 0.3) is 5.91 Å². The van der Waals surface area contributed by atoms with Crippen molar-refractivity contribution in [2.24, 2.45) is 0 Å². The summed E-state index contributed by atoms with van der Waals surface area (Å²) in [4.78, 5) is 19.1. The smallest absolute Gasteiger partial charge is 0.289 e. The zero-order valence-corrected chi connectivity index (χ0v) is 18.0. The van der Waals surface area contributed by atoms with Crippen molar-refractivity contribution in [3.63, 3.8) is 0 Å². The van der Waals surface area contributed by atoms with Gasteiger partial charge in [-0.3, -0.25) is 4.79 Å². The maximum atomic E-state index is 13.3. The molecule has 2 heterocycles. The molecule has 6 nitrogen and oxygen atoms in total. The van der Waals surface area contributed by atoms with Gasteiger partial charge in [0.2, 0.25) is 0 Å². The van der Waals surface area contributed by atoms with Gasteiger partial charge in [-0.25, -0.2) is 9.37 Å². The van der Waals surface area contributed by atoms with E-state index < -0.39 is 0 Å². The summed E-state index contributed by atoms with van der Waals surface area (Å²) < 4.78 is 26.4. The van der Waals surface area contributed by atoms with Gasteiger partial charge in [-0.2, -0.15) is 0 Å². The van der Waals surface area contributed by atoms with Gasteiger partial charge in [0.15, 0.2) is 5.76 Å². The van der Waals surface area contributed by atoms with E-state index in [1.165, 1.54) is 12.1 Å². The molecule has 164 valence electrons. The molecule has 4 rings (SSSR count). The first-order chi connectivity index (χ1) is 15.5. The topological polar surface area (TPSA) is 56.6 Å². The molecule has 1 unspecified atom stereocenters. The third-order valence-corrected chi connectivity index (χ3v) is 5.32. The second-order valence-corrected chi connectivity index (χ2v) is 7.44. The summed E-state index contributed by atoms with van der Waals surface area (Å²) in [6.07, 6.45) is 7.01. The number of carbonyl (C=O) groups excluding carboxylic acids is 1. The molecule has 0 aliphatic carbocycles. The van der Waals surface area contributed by atoms with Crippen molar-refractivity contribution < 1.29 is 18.7 Å². The minimum Gasteiger partial charge on any atom is -0.495 e. The van der Waals surface area contributed by atoms with E-state index in [9.17, 15) is 9.18 Å². The van der Waals surface area contributed by atoms with E-state index in [0.29, 0.717) is 18.9 Å². The molecule has 0 radical (unpaired) electrons. The summed E-state index contributed by atoms with van der Waals surface area (Å²) in [5.41, 5.74) is 3.30. The van der Waals surface area contributed by atoms with Crippen LogP contribution in [0.5, 0.6) is 5.75 Å². The lowest BCUT2D eigenvalue weighted by molar-refractivity contribution is -0.137. The summed E-state index contributed by atoms with van der Waals surface area (Å²) in [6.45, 7) is 6.55. The van der Waals surface area contributed by atoms with Crippen LogP contribution in [0.2, 0.25) is 0 Å². The Bertz CT molecular complexity index is 1170. The van der Waals surface area contributed by atoms with Crippen LogP contribution in [-0.2, 0) is 9.53 Å². The Balaban J connectivity index is 1.61. The monoisotopic (exact) mass is 433 g/mol. The summed E-state index contributed by atoms with van der Waals surface area (Å²) in [7, 11) is 1.60. The number of methoxy groups -OCH3 is 1. The van der Waals surface area contributed by atoms with Crippen LogP contribution >= 0.6 is 0 Å². The highest BCUT2D eigenvalue weighted by Crippen LogP contribution is 2.29. The Kier molecular flexibility index (Phi) is 6.07. The minimum atomic E-state index is -0.378. The van der Waals surface area contributed by atoms with Crippen molar-refractivity contribution in [2.45, 2.75) is 13.0 Å². The summed E-state index contributed by atoms with van der Waals surface area (Å²) in [5, 5.41) is 0. The van der Waals surface area contributed by atoms with Crippen LogP contribution < -0.4 is 4.74 Å². The Labute approximate surface area is 186 Å². The number of benzene rings is 2. The summed E-state index contributed by atoms with van der Waals surface area (Å²) >= 11 is 0. The lowest BCUT2D eigenvalue weighted by Crippen LogP contribution is -2.42. The van der Waals surface area contributed by atoms with Crippen molar-refractivity contribution in [1.82, 2.24) is 14.5 Å². The highest BCUT2D eigenvalue weighted by Gasteiger charge is 2.30. The molecule has 1 atom stereocenters. The number of hydrogen-bond donors (Lipinski definition) is 0. The number of amides is 1. The Morgan fingerprint density at radius 2 is 2.03 bits per heavy atom. The Hall–Kier alpha value is -3.87. The maximum Gasteiger partial charge on any atom is 0.289 e. The summed E-state index contributed by atoms with van der Waals surface area (Å²) in [5.74, 6) is 0.304. The highest BCUT2D eigenvalue weighted by molar-refractivity contribution is 5.97. The molecule has 32 heavy (non-hydrogen) atoms. The molecule has 2 aromatic carbocycles. The standard InChI is InChI=1S/C25H24FN3O3/c1-4-21(19-6-8-20(26)9-7-19)29-11-12-32-24(25(29)30)14-18-5-10-22(23(13-18)31-3)28-15-17(2)27-16-28/h4-10,13-16,21H,1,11-12H2,2-3H3/b24-14-. The maximum absolute atomic E-state index is 13.3. The van der Waals surface area contributed by atoms with Crippen molar-refractivity contribution in [3.8, 4) is 11.4 Å². The minimum absolute atomic E-state index is 0.235. The van der Waals surface area contributed by atoms with Gasteiger partial charge in [0.1, 0.15) is 18.2 Å². The second kappa shape index (κ2) is 9.09. The SMILES string of the molecule is C=CC(c1ccc(F)cc1)N1CCO/C(=C\c2ccc(-n3cnc(C)c3)c(OC)c2)C1=O. The van der Waals surface area contributed by atoms with Crippen molar-refractivity contribution >= 4 is 12.0 Å². The number of imidazole rings is 1. The average molecular weight is 433 g/mol. The van der Waals surface area contributed by atoms with Crippen LogP contribution in [0.15, 0.2) is 73.4 Å². The average Bonchev–Trinajstić information content (AvgIpc) is 3.23. The first-order valence-electron chi connectivity index (χ1n) is 10.2. The third-order valence-electron chi connectivity index (χ3n) is 5.32. The lowest BCUT2D eigenvalue weighted by atomic mass is 10.0. The molecule has 1 amide bonds. The van der Waals surface area contributed by atoms with Gasteiger partial charge >= 0.3 is 0 Å². The van der Waals surface area contributed by atoms with E-state index in [2.05, 4.69) is 11.6 Å². The first kappa shape index (κ1) is 21.4. The lowest BCUT2D eigenvalue weighted by Gasteiger charge is -2.34. The first-order valence-corrected chi connectivity index (χ1v) is 10.2. The van der Waals surface area contributed by atoms with Gasteiger partial charge in [0.05, 0.1) is 37.4 Å². The number of ether oxygens (including phenoxy) is 2. The van der Waals surface area contributed by atoms with Gasteiger partial charge in [-0.05, 0) is 48.4 Å². The Morgan fingerprint density at radius 1 is 1.25 bits per heavy atom. The van der Waals surface area contributed by atoms with E-state index in [1.807, 2.05) is 35.9 Å². The molecular weight excluding hydrogens is 409 g/mol. The fourth-order valence-corrected chi connectivity index (χ4v) is 3.73. The molecular formula is C25H24FN3O3. The molecule has 1 saturated heterocycles. The van der Waals surface area contributed by atoms with Gasteiger partial charge in [-0.1, -0.05) is 24.3 Å². The second-order valence-electron chi connectivity index (χ2n) is 7.44. The normalized spacial score (nSPS) is 16.0. The fourth-order valence-electron chi connectivity index (χ4n) is 3.73. The third kappa shape index (κ3) is 4.27. The van der Waals surface area contributed by atoms with Crippen molar-refractivity contribution in [1.29, 1.82) is 0 Å². The molecule has 0 spiro atoms.